The van der Waals surface area contributed by atoms with Crippen molar-refractivity contribution in [3.8, 4) is 11.4 Å². The van der Waals surface area contributed by atoms with Crippen LogP contribution in [-0.4, -0.2) is 52.1 Å². The highest BCUT2D eigenvalue weighted by Gasteiger charge is 2.27. The Balaban J connectivity index is 1.37. The lowest BCUT2D eigenvalue weighted by Crippen LogP contribution is -2.50. The van der Waals surface area contributed by atoms with E-state index >= 15 is 0 Å². The molecule has 1 atom stereocenters. The molecule has 0 spiro atoms. The van der Waals surface area contributed by atoms with Gasteiger partial charge in [0.25, 0.3) is 0 Å². The predicted octanol–water partition coefficient (Wildman–Crippen LogP) is 4.10. The Morgan fingerprint density at radius 2 is 1.81 bits per heavy atom. The summed E-state index contributed by atoms with van der Waals surface area (Å²) < 4.78 is 5.28. The quantitative estimate of drug-likeness (QED) is 0.599. The molecule has 2 aromatic heterocycles. The molecule has 162 valence electrons. The van der Waals surface area contributed by atoms with E-state index in [0.29, 0.717) is 24.8 Å². The molecule has 3 aromatic rings. The number of aromatic nitrogens is 3. The summed E-state index contributed by atoms with van der Waals surface area (Å²) in [5, 5.41) is 4.04. The van der Waals surface area contributed by atoms with Gasteiger partial charge < -0.3 is 14.3 Å². The highest BCUT2D eigenvalue weighted by molar-refractivity contribution is 5.84. The van der Waals surface area contributed by atoms with Crippen molar-refractivity contribution in [1.82, 2.24) is 20.0 Å². The van der Waals surface area contributed by atoms with Crippen molar-refractivity contribution in [2.75, 3.05) is 31.1 Å². The first-order valence-corrected chi connectivity index (χ1v) is 11.0. The number of carbonyl (C=O) groups is 1. The van der Waals surface area contributed by atoms with E-state index < -0.39 is 0 Å². The third kappa shape index (κ3) is 4.60. The summed E-state index contributed by atoms with van der Waals surface area (Å²) in [7, 11) is 0. The fourth-order valence-electron chi connectivity index (χ4n) is 3.91. The van der Waals surface area contributed by atoms with Crippen LogP contribution in [0.15, 0.2) is 53.2 Å². The maximum Gasteiger partial charge on any atom is 0.230 e. The van der Waals surface area contributed by atoms with Crippen molar-refractivity contribution >= 4 is 11.7 Å². The minimum Gasteiger partial charge on any atom is -0.353 e. The van der Waals surface area contributed by atoms with E-state index in [9.17, 15) is 4.79 Å². The number of pyridine rings is 1. The summed E-state index contributed by atoms with van der Waals surface area (Å²) in [4.78, 5) is 26.3. The zero-order valence-electron chi connectivity index (χ0n) is 18.4. The third-order valence-corrected chi connectivity index (χ3v) is 5.77. The molecule has 1 unspecified atom stereocenters. The van der Waals surface area contributed by atoms with Crippen molar-refractivity contribution in [2.24, 2.45) is 0 Å². The molecule has 0 bridgehead atoms. The van der Waals surface area contributed by atoms with E-state index in [1.807, 2.05) is 61.2 Å². The monoisotopic (exact) mass is 419 g/mol. The number of anilines is 1. The summed E-state index contributed by atoms with van der Waals surface area (Å²) in [5.41, 5.74) is 1.93. The Labute approximate surface area is 183 Å². The van der Waals surface area contributed by atoms with Gasteiger partial charge in [0.05, 0.1) is 5.92 Å². The first-order valence-electron chi connectivity index (χ1n) is 11.0. The number of amides is 1. The topological polar surface area (TPSA) is 75.4 Å². The number of hydrogen-bond acceptors (Lipinski definition) is 6. The fourth-order valence-corrected chi connectivity index (χ4v) is 3.91. The largest absolute Gasteiger partial charge is 0.353 e. The lowest BCUT2D eigenvalue weighted by molar-refractivity contribution is -0.133. The highest BCUT2D eigenvalue weighted by Crippen LogP contribution is 2.24. The summed E-state index contributed by atoms with van der Waals surface area (Å²) in [6, 6.07) is 14.0. The van der Waals surface area contributed by atoms with E-state index in [2.05, 4.69) is 26.9 Å². The normalized spacial score (nSPS) is 15.4. The second kappa shape index (κ2) is 9.29. The first-order chi connectivity index (χ1) is 15.1. The van der Waals surface area contributed by atoms with Gasteiger partial charge >= 0.3 is 0 Å². The number of hydrogen-bond donors (Lipinski definition) is 0. The molecule has 1 saturated heterocycles. The average molecular weight is 420 g/mol. The zero-order chi connectivity index (χ0) is 21.8. The molecule has 0 radical (unpaired) electrons. The minimum absolute atomic E-state index is 0.0733. The van der Waals surface area contributed by atoms with Crippen LogP contribution in [0.2, 0.25) is 0 Å². The van der Waals surface area contributed by atoms with Gasteiger partial charge in [0.1, 0.15) is 5.82 Å². The minimum atomic E-state index is -0.0733. The average Bonchev–Trinajstić information content (AvgIpc) is 3.31. The highest BCUT2D eigenvalue weighted by atomic mass is 16.5. The summed E-state index contributed by atoms with van der Waals surface area (Å²) in [6.45, 7) is 9.05. The van der Waals surface area contributed by atoms with Crippen LogP contribution in [0.3, 0.4) is 0 Å². The Hall–Kier alpha value is -3.22. The van der Waals surface area contributed by atoms with E-state index in [4.69, 9.17) is 4.52 Å². The Morgan fingerprint density at radius 3 is 2.39 bits per heavy atom. The molecule has 7 nitrogen and oxygen atoms in total. The number of benzene rings is 1. The van der Waals surface area contributed by atoms with E-state index in [1.165, 1.54) is 0 Å². The van der Waals surface area contributed by atoms with Crippen molar-refractivity contribution < 1.29 is 9.32 Å². The lowest BCUT2D eigenvalue weighted by Gasteiger charge is -2.37. The molecule has 1 fully saturated rings. The molecule has 4 rings (SSSR count). The predicted molar refractivity (Wildman–Crippen MR) is 120 cm³/mol. The van der Waals surface area contributed by atoms with E-state index in [0.717, 1.165) is 36.5 Å². The fraction of sp³-hybridized carbons (Fsp3) is 0.417. The van der Waals surface area contributed by atoms with E-state index in [1.54, 1.807) is 6.20 Å². The van der Waals surface area contributed by atoms with Gasteiger partial charge in [-0.15, -0.1) is 0 Å². The Bertz CT molecular complexity index is 992. The molecule has 0 aliphatic carbocycles. The van der Waals surface area contributed by atoms with Crippen LogP contribution in [-0.2, 0) is 4.79 Å². The molecule has 0 saturated carbocycles. The number of nitrogens with zero attached hydrogens (tertiary/aromatic N) is 5. The van der Waals surface area contributed by atoms with Crippen molar-refractivity contribution in [1.29, 1.82) is 0 Å². The molecule has 1 aliphatic heterocycles. The zero-order valence-corrected chi connectivity index (χ0v) is 18.4. The van der Waals surface area contributed by atoms with Gasteiger partial charge in [-0.25, -0.2) is 4.98 Å². The smallest absolute Gasteiger partial charge is 0.230 e. The Morgan fingerprint density at radius 1 is 1.06 bits per heavy atom. The van der Waals surface area contributed by atoms with Crippen LogP contribution >= 0.6 is 0 Å². The van der Waals surface area contributed by atoms with Gasteiger partial charge in [-0.1, -0.05) is 56.3 Å². The van der Waals surface area contributed by atoms with Crippen LogP contribution in [0.25, 0.3) is 11.4 Å². The molecule has 1 aliphatic rings. The molecule has 1 aromatic carbocycles. The van der Waals surface area contributed by atoms with Crippen molar-refractivity contribution in [2.45, 2.75) is 39.0 Å². The molecular formula is C24H29N5O2. The molecule has 1 amide bonds. The van der Waals surface area contributed by atoms with Crippen LogP contribution in [0.4, 0.5) is 5.82 Å². The van der Waals surface area contributed by atoms with Gasteiger partial charge in [0.2, 0.25) is 17.6 Å². The number of rotatable bonds is 6. The second-order valence-electron chi connectivity index (χ2n) is 8.20. The third-order valence-electron chi connectivity index (χ3n) is 5.77. The molecule has 31 heavy (non-hydrogen) atoms. The SMILES string of the molecule is CCC(C(=O)N1CCN(c2ccc(-c3noc(C(C)C)n3)cn2)CC1)c1ccccc1. The summed E-state index contributed by atoms with van der Waals surface area (Å²) >= 11 is 0. The second-order valence-corrected chi connectivity index (χ2v) is 8.20. The van der Waals surface area contributed by atoms with Gasteiger partial charge in [0.15, 0.2) is 0 Å². The maximum atomic E-state index is 13.1. The summed E-state index contributed by atoms with van der Waals surface area (Å²) in [6.07, 6.45) is 2.59. The molecule has 0 N–H and O–H groups in total. The Kier molecular flexibility index (Phi) is 6.30. The van der Waals surface area contributed by atoms with E-state index in [-0.39, 0.29) is 17.7 Å². The first kappa shape index (κ1) is 21.0. The molecule has 7 heteroatoms. The van der Waals surface area contributed by atoms with Crippen molar-refractivity contribution in [3.05, 3.63) is 60.1 Å². The van der Waals surface area contributed by atoms with Crippen LogP contribution in [0.1, 0.15) is 50.5 Å². The number of piperazine rings is 1. The van der Waals surface area contributed by atoms with Crippen LogP contribution in [0.5, 0.6) is 0 Å². The van der Waals surface area contributed by atoms with Gasteiger partial charge in [0, 0.05) is 43.9 Å². The van der Waals surface area contributed by atoms with Gasteiger partial charge in [-0.3, -0.25) is 4.79 Å². The number of carbonyl (C=O) groups excluding carboxylic acids is 1. The van der Waals surface area contributed by atoms with Crippen LogP contribution < -0.4 is 4.90 Å². The maximum absolute atomic E-state index is 13.1. The standard InChI is InChI=1S/C24H29N5O2/c1-4-20(18-8-6-5-7-9-18)24(30)29-14-12-28(13-15-29)21-11-10-19(16-25-21)22-26-23(17(2)3)31-27-22/h5-11,16-17,20H,4,12-15H2,1-3H3. The molecule has 3 heterocycles. The molecular weight excluding hydrogens is 390 g/mol. The van der Waals surface area contributed by atoms with Gasteiger partial charge in [-0.2, -0.15) is 4.98 Å². The summed E-state index contributed by atoms with van der Waals surface area (Å²) in [5.74, 6) is 2.43. The van der Waals surface area contributed by atoms with Crippen LogP contribution in [0, 0.1) is 0 Å². The van der Waals surface area contributed by atoms with Crippen molar-refractivity contribution in [3.63, 3.8) is 0 Å². The lowest BCUT2D eigenvalue weighted by atomic mass is 9.95. The van der Waals surface area contributed by atoms with Gasteiger partial charge in [-0.05, 0) is 24.1 Å².